The Morgan fingerprint density at radius 3 is 2.53 bits per heavy atom. The molecule has 34 heavy (non-hydrogen) atoms. The van der Waals surface area contributed by atoms with Gasteiger partial charge in [0.2, 0.25) is 0 Å². The third-order valence-electron chi connectivity index (χ3n) is 7.30. The molecule has 3 aromatic rings. The summed E-state index contributed by atoms with van der Waals surface area (Å²) < 4.78 is 12.1. The van der Waals surface area contributed by atoms with Crippen LogP contribution in [0.15, 0.2) is 42.9 Å². The molecule has 2 aliphatic carbocycles. The minimum Gasteiger partial charge on any atom is -0.488 e. The third kappa shape index (κ3) is 4.52. The summed E-state index contributed by atoms with van der Waals surface area (Å²) in [6.45, 7) is 3.25. The molecule has 0 spiro atoms. The predicted octanol–water partition coefficient (Wildman–Crippen LogP) is 3.61. The van der Waals surface area contributed by atoms with E-state index in [1.165, 1.54) is 0 Å². The normalized spacial score (nSPS) is 24.1. The zero-order chi connectivity index (χ0) is 23.0. The Hall–Kier alpha value is -2.97. The summed E-state index contributed by atoms with van der Waals surface area (Å²) in [5.41, 5.74) is 11.0. The summed E-state index contributed by atoms with van der Waals surface area (Å²) in [7, 11) is 0. The molecule has 3 heterocycles. The monoisotopic (exact) mass is 460 g/mol. The van der Waals surface area contributed by atoms with Crippen molar-refractivity contribution in [2.75, 3.05) is 36.5 Å². The average molecular weight is 461 g/mol. The number of benzene rings is 1. The Bertz CT molecular complexity index is 1140. The number of ether oxygens (including phenoxy) is 2. The molecule has 2 aromatic heterocycles. The average Bonchev–Trinajstić information content (AvgIpc) is 3.64. The lowest BCUT2D eigenvalue weighted by molar-refractivity contribution is 0.122. The molecule has 0 bridgehead atoms. The summed E-state index contributed by atoms with van der Waals surface area (Å²) in [5.74, 6) is 0.832. The van der Waals surface area contributed by atoms with Gasteiger partial charge in [0.15, 0.2) is 0 Å². The van der Waals surface area contributed by atoms with Crippen LogP contribution in [0, 0.1) is 0 Å². The van der Waals surface area contributed by atoms with Crippen LogP contribution in [-0.4, -0.2) is 53.4 Å². The van der Waals surface area contributed by atoms with Crippen molar-refractivity contribution >= 4 is 22.4 Å². The van der Waals surface area contributed by atoms with Crippen molar-refractivity contribution in [2.24, 2.45) is 5.73 Å². The minimum atomic E-state index is -0.179. The van der Waals surface area contributed by atoms with E-state index in [1.54, 1.807) is 12.4 Å². The van der Waals surface area contributed by atoms with E-state index in [-0.39, 0.29) is 11.6 Å². The zero-order valence-corrected chi connectivity index (χ0v) is 19.4. The molecule has 2 saturated carbocycles. The van der Waals surface area contributed by atoms with Crippen molar-refractivity contribution in [2.45, 2.75) is 56.2 Å². The van der Waals surface area contributed by atoms with Crippen LogP contribution in [0.5, 0.6) is 5.75 Å². The second-order valence-corrected chi connectivity index (χ2v) is 9.79. The van der Waals surface area contributed by atoms with Gasteiger partial charge in [-0.05, 0) is 56.7 Å². The van der Waals surface area contributed by atoms with E-state index in [0.717, 1.165) is 98.7 Å². The van der Waals surface area contributed by atoms with E-state index in [1.807, 2.05) is 6.20 Å². The Morgan fingerprint density at radius 1 is 1.00 bits per heavy atom. The highest BCUT2D eigenvalue weighted by atomic mass is 16.5. The van der Waals surface area contributed by atoms with Gasteiger partial charge in [-0.2, -0.15) is 0 Å². The smallest absolute Gasteiger partial charge is 0.149 e. The molecule has 1 aliphatic heterocycles. The molecule has 1 saturated heterocycles. The number of morpholine rings is 1. The number of nitrogens with two attached hydrogens (primary N) is 1. The molecule has 178 valence electrons. The molecule has 8 heteroatoms. The van der Waals surface area contributed by atoms with Gasteiger partial charge in [0.1, 0.15) is 11.3 Å². The Kier molecular flexibility index (Phi) is 5.71. The number of aromatic nitrogens is 3. The maximum Gasteiger partial charge on any atom is 0.149 e. The van der Waals surface area contributed by atoms with Crippen LogP contribution < -0.4 is 20.7 Å². The molecule has 0 amide bonds. The van der Waals surface area contributed by atoms with Gasteiger partial charge in [-0.25, -0.2) is 4.98 Å². The van der Waals surface area contributed by atoms with Crippen LogP contribution >= 0.6 is 0 Å². The highest BCUT2D eigenvalue weighted by molar-refractivity contribution is 5.85. The molecule has 3 fully saturated rings. The van der Waals surface area contributed by atoms with Crippen LogP contribution in [0.2, 0.25) is 0 Å². The Morgan fingerprint density at radius 2 is 1.79 bits per heavy atom. The molecule has 0 radical (unpaired) electrons. The van der Waals surface area contributed by atoms with Gasteiger partial charge in [0.25, 0.3) is 0 Å². The van der Waals surface area contributed by atoms with E-state index in [4.69, 9.17) is 15.2 Å². The second-order valence-electron chi connectivity index (χ2n) is 9.79. The molecule has 6 rings (SSSR count). The summed E-state index contributed by atoms with van der Waals surface area (Å²) >= 11 is 0. The van der Waals surface area contributed by atoms with Crippen molar-refractivity contribution in [3.05, 3.63) is 48.5 Å². The largest absolute Gasteiger partial charge is 0.488 e. The van der Waals surface area contributed by atoms with Crippen LogP contribution in [0.3, 0.4) is 0 Å². The number of anilines is 2. The van der Waals surface area contributed by atoms with Gasteiger partial charge in [-0.1, -0.05) is 0 Å². The van der Waals surface area contributed by atoms with Crippen LogP contribution in [0.25, 0.3) is 11.0 Å². The van der Waals surface area contributed by atoms with Gasteiger partial charge >= 0.3 is 0 Å². The second kappa shape index (κ2) is 9.00. The number of rotatable bonds is 6. The van der Waals surface area contributed by atoms with Gasteiger partial charge < -0.3 is 25.4 Å². The Labute approximate surface area is 199 Å². The van der Waals surface area contributed by atoms with E-state index in [0.29, 0.717) is 6.04 Å². The van der Waals surface area contributed by atoms with Crippen molar-refractivity contribution < 1.29 is 9.47 Å². The summed E-state index contributed by atoms with van der Waals surface area (Å²) in [6.07, 6.45) is 11.8. The fourth-order valence-corrected chi connectivity index (χ4v) is 5.03. The van der Waals surface area contributed by atoms with Crippen molar-refractivity contribution in [1.82, 2.24) is 15.0 Å². The standard InChI is InChI=1S/C26H32N6O2/c27-26(7-8-26)24-6-3-19(17-30-24)31-18-1-4-21(5-2-18)34-23-16-20(32-11-13-33-14-12-32)15-22-25(23)29-10-9-28-22/h3,6,9-10,15-18,21,31H,1-2,4-5,7-8,11-14,27H2/t18-,21+. The van der Waals surface area contributed by atoms with Gasteiger partial charge in [0, 0.05) is 43.3 Å². The predicted molar refractivity (Wildman–Crippen MR) is 132 cm³/mol. The summed E-state index contributed by atoms with van der Waals surface area (Å²) in [4.78, 5) is 16.0. The number of hydrogen-bond donors (Lipinski definition) is 2. The molecule has 0 unspecified atom stereocenters. The van der Waals surface area contributed by atoms with Crippen molar-refractivity contribution in [1.29, 1.82) is 0 Å². The lowest BCUT2D eigenvalue weighted by Gasteiger charge is -2.31. The number of pyridine rings is 1. The molecule has 3 N–H and O–H groups in total. The maximum absolute atomic E-state index is 6.54. The van der Waals surface area contributed by atoms with Gasteiger partial charge in [0.05, 0.1) is 48.0 Å². The highest BCUT2D eigenvalue weighted by Gasteiger charge is 2.41. The molecule has 8 nitrogen and oxygen atoms in total. The van der Waals surface area contributed by atoms with Crippen molar-refractivity contribution in [3.8, 4) is 5.75 Å². The van der Waals surface area contributed by atoms with Crippen LogP contribution in [0.4, 0.5) is 11.4 Å². The lowest BCUT2D eigenvalue weighted by atomic mass is 9.92. The number of hydrogen-bond acceptors (Lipinski definition) is 8. The van der Waals surface area contributed by atoms with Gasteiger partial charge in [-0.3, -0.25) is 9.97 Å². The SMILES string of the molecule is NC1(c2ccc(N[C@H]3CC[C@@H](Oc4cc(N5CCOCC5)cc5nccnc45)CC3)cn2)CC1. The quantitative estimate of drug-likeness (QED) is 0.576. The summed E-state index contributed by atoms with van der Waals surface area (Å²) in [6, 6.07) is 8.84. The molecule has 1 aromatic carbocycles. The fraction of sp³-hybridized carbons (Fsp3) is 0.500. The first-order chi connectivity index (χ1) is 16.7. The first-order valence-electron chi connectivity index (χ1n) is 12.4. The molecule has 0 atom stereocenters. The fourth-order valence-electron chi connectivity index (χ4n) is 5.03. The topological polar surface area (TPSA) is 98.4 Å². The third-order valence-corrected chi connectivity index (χ3v) is 7.30. The highest BCUT2D eigenvalue weighted by Crippen LogP contribution is 2.41. The zero-order valence-electron chi connectivity index (χ0n) is 19.4. The van der Waals surface area contributed by atoms with Crippen molar-refractivity contribution in [3.63, 3.8) is 0 Å². The maximum atomic E-state index is 6.54. The Balaban J connectivity index is 1.10. The van der Waals surface area contributed by atoms with Gasteiger partial charge in [-0.15, -0.1) is 0 Å². The minimum absolute atomic E-state index is 0.177. The van der Waals surface area contributed by atoms with E-state index in [2.05, 4.69) is 49.4 Å². The lowest BCUT2D eigenvalue weighted by Crippen LogP contribution is -2.36. The van der Waals surface area contributed by atoms with Crippen LogP contribution in [0.1, 0.15) is 44.2 Å². The number of fused-ring (bicyclic) bond motifs is 1. The molecular weight excluding hydrogens is 428 g/mol. The molecule has 3 aliphatic rings. The first kappa shape index (κ1) is 21.6. The van der Waals surface area contributed by atoms with Crippen LogP contribution in [-0.2, 0) is 10.3 Å². The summed E-state index contributed by atoms with van der Waals surface area (Å²) in [5, 5.41) is 3.65. The van der Waals surface area contributed by atoms with E-state index >= 15 is 0 Å². The molecular formula is C26H32N6O2. The number of nitrogens with zero attached hydrogens (tertiary/aromatic N) is 4. The number of nitrogens with one attached hydrogen (secondary N) is 1. The van der Waals surface area contributed by atoms with E-state index in [9.17, 15) is 0 Å². The van der Waals surface area contributed by atoms with E-state index < -0.39 is 0 Å². The first-order valence-corrected chi connectivity index (χ1v) is 12.4.